The number of hydrogen-bond donors (Lipinski definition) is 1. The molecule has 1 aromatic carbocycles. The first-order chi connectivity index (χ1) is 14.2. The third-order valence-corrected chi connectivity index (χ3v) is 5.74. The van der Waals surface area contributed by atoms with Gasteiger partial charge in [-0.1, -0.05) is 24.3 Å². The van der Waals surface area contributed by atoms with E-state index in [1.165, 1.54) is 6.33 Å². The summed E-state index contributed by atoms with van der Waals surface area (Å²) < 4.78 is 1.71. The van der Waals surface area contributed by atoms with Crippen LogP contribution in [0, 0.1) is 5.92 Å². The normalized spacial score (nSPS) is 20.0. The van der Waals surface area contributed by atoms with Crippen LogP contribution in [-0.2, 0) is 12.8 Å². The van der Waals surface area contributed by atoms with Gasteiger partial charge in [-0.05, 0) is 43.5 Å². The van der Waals surface area contributed by atoms with Crippen LogP contribution in [0.15, 0.2) is 55.1 Å². The molecule has 4 heterocycles. The molecule has 29 heavy (non-hydrogen) atoms. The van der Waals surface area contributed by atoms with E-state index in [2.05, 4.69) is 38.2 Å². The molecule has 3 aromatic heterocycles. The highest BCUT2D eigenvalue weighted by molar-refractivity contribution is 5.78. The quantitative estimate of drug-likeness (QED) is 0.545. The van der Waals surface area contributed by atoms with Gasteiger partial charge in [0.25, 0.3) is 5.78 Å². The standard InChI is InChI=1S/C22H24N6O/c29-21-14-27(9-3-4-16-11-23-22-24-15-25-28(22)12-16)13-18(21)10-19-8-7-17-5-1-2-6-20(17)26-19/h1-2,5-8,11-12,15,18,21,29H,3-4,9-10,13-14H2/t18-,21-/m1/s1. The molecule has 1 aliphatic rings. The van der Waals surface area contributed by atoms with Crippen LogP contribution in [0.1, 0.15) is 17.7 Å². The fraction of sp³-hybridized carbons (Fsp3) is 0.364. The number of benzene rings is 1. The van der Waals surface area contributed by atoms with Crippen molar-refractivity contribution in [2.45, 2.75) is 25.4 Å². The molecular weight excluding hydrogens is 364 g/mol. The van der Waals surface area contributed by atoms with Gasteiger partial charge in [-0.2, -0.15) is 10.1 Å². The maximum atomic E-state index is 10.5. The highest BCUT2D eigenvalue weighted by Gasteiger charge is 2.31. The number of rotatable bonds is 6. The average molecular weight is 388 g/mol. The van der Waals surface area contributed by atoms with Gasteiger partial charge in [0.05, 0.1) is 11.6 Å². The molecule has 7 heteroatoms. The molecule has 148 valence electrons. The molecule has 2 atom stereocenters. The largest absolute Gasteiger partial charge is 0.391 e. The van der Waals surface area contributed by atoms with Gasteiger partial charge >= 0.3 is 0 Å². The van der Waals surface area contributed by atoms with Crippen molar-refractivity contribution in [3.63, 3.8) is 0 Å². The summed E-state index contributed by atoms with van der Waals surface area (Å²) in [6.07, 6.45) is 7.86. The van der Waals surface area contributed by atoms with E-state index in [0.29, 0.717) is 5.78 Å². The number of β-amino-alcohol motifs (C(OH)–C–C–N with tert-alkyl or cyclic N) is 1. The Morgan fingerprint density at radius 1 is 1.07 bits per heavy atom. The van der Waals surface area contributed by atoms with Gasteiger partial charge in [0, 0.05) is 42.5 Å². The fourth-order valence-electron chi connectivity index (χ4n) is 4.21. The molecule has 0 radical (unpaired) electrons. The Kier molecular flexibility index (Phi) is 4.91. The molecule has 0 saturated carbocycles. The first kappa shape index (κ1) is 18.1. The van der Waals surface area contributed by atoms with Crippen molar-refractivity contribution in [3.8, 4) is 0 Å². The van der Waals surface area contributed by atoms with Crippen molar-refractivity contribution in [2.24, 2.45) is 5.92 Å². The summed E-state index contributed by atoms with van der Waals surface area (Å²) in [7, 11) is 0. The number of aliphatic hydroxyl groups is 1. The summed E-state index contributed by atoms with van der Waals surface area (Å²) >= 11 is 0. The molecular formula is C22H24N6O. The third-order valence-electron chi connectivity index (χ3n) is 5.74. The van der Waals surface area contributed by atoms with E-state index in [1.807, 2.05) is 30.6 Å². The zero-order valence-electron chi connectivity index (χ0n) is 16.2. The van der Waals surface area contributed by atoms with E-state index in [4.69, 9.17) is 4.98 Å². The Labute approximate surface area is 169 Å². The number of pyridine rings is 1. The van der Waals surface area contributed by atoms with E-state index in [9.17, 15) is 5.11 Å². The van der Waals surface area contributed by atoms with Gasteiger partial charge < -0.3 is 10.0 Å². The molecule has 0 bridgehead atoms. The monoisotopic (exact) mass is 388 g/mol. The number of likely N-dealkylation sites (tertiary alicyclic amines) is 1. The Bertz CT molecular complexity index is 1130. The maximum Gasteiger partial charge on any atom is 0.252 e. The van der Waals surface area contributed by atoms with Crippen molar-refractivity contribution < 1.29 is 5.11 Å². The van der Waals surface area contributed by atoms with Crippen molar-refractivity contribution in [1.29, 1.82) is 0 Å². The molecule has 0 spiro atoms. The number of fused-ring (bicyclic) bond motifs is 2. The Balaban J connectivity index is 1.16. The molecule has 0 amide bonds. The summed E-state index contributed by atoms with van der Waals surface area (Å²) in [6.45, 7) is 2.61. The SMILES string of the molecule is O[C@@H]1CN(CCCc2cnc3ncnn3c2)C[C@H]1Cc1ccc2ccccc2n1. The van der Waals surface area contributed by atoms with Crippen LogP contribution in [0.4, 0.5) is 0 Å². The third kappa shape index (κ3) is 3.97. The van der Waals surface area contributed by atoms with E-state index in [0.717, 1.165) is 61.1 Å². The summed E-state index contributed by atoms with van der Waals surface area (Å²) in [4.78, 5) is 15.5. The molecule has 1 fully saturated rings. The lowest BCUT2D eigenvalue weighted by Crippen LogP contribution is -2.23. The molecule has 0 unspecified atom stereocenters. The van der Waals surface area contributed by atoms with Gasteiger partial charge in [-0.15, -0.1) is 0 Å². The predicted octanol–water partition coefficient (Wildman–Crippen LogP) is 2.14. The lowest BCUT2D eigenvalue weighted by Gasteiger charge is -2.15. The highest BCUT2D eigenvalue weighted by Crippen LogP contribution is 2.22. The van der Waals surface area contributed by atoms with Crippen LogP contribution in [0.5, 0.6) is 0 Å². The van der Waals surface area contributed by atoms with Crippen molar-refractivity contribution >= 4 is 16.7 Å². The highest BCUT2D eigenvalue weighted by atomic mass is 16.3. The van der Waals surface area contributed by atoms with E-state index < -0.39 is 0 Å². The second-order valence-electron chi connectivity index (χ2n) is 7.86. The summed E-state index contributed by atoms with van der Waals surface area (Å²) in [5.41, 5.74) is 3.23. The fourth-order valence-corrected chi connectivity index (χ4v) is 4.21. The number of aromatic nitrogens is 5. The lowest BCUT2D eigenvalue weighted by atomic mass is 9.99. The van der Waals surface area contributed by atoms with Crippen LogP contribution < -0.4 is 0 Å². The van der Waals surface area contributed by atoms with Crippen LogP contribution in [-0.4, -0.2) is 60.3 Å². The van der Waals surface area contributed by atoms with E-state index in [1.54, 1.807) is 4.52 Å². The van der Waals surface area contributed by atoms with Gasteiger partial charge in [-0.25, -0.2) is 9.50 Å². The van der Waals surface area contributed by atoms with Crippen molar-refractivity contribution in [2.75, 3.05) is 19.6 Å². The van der Waals surface area contributed by atoms with Crippen LogP contribution in [0.2, 0.25) is 0 Å². The molecule has 1 aliphatic heterocycles. The van der Waals surface area contributed by atoms with Gasteiger partial charge in [0.15, 0.2) is 0 Å². The van der Waals surface area contributed by atoms with Crippen molar-refractivity contribution in [1.82, 2.24) is 29.5 Å². The zero-order valence-corrected chi connectivity index (χ0v) is 16.2. The number of para-hydroxylation sites is 1. The van der Waals surface area contributed by atoms with Gasteiger partial charge in [-0.3, -0.25) is 4.98 Å². The zero-order chi connectivity index (χ0) is 19.6. The van der Waals surface area contributed by atoms with Crippen LogP contribution >= 0.6 is 0 Å². The smallest absolute Gasteiger partial charge is 0.252 e. The second kappa shape index (κ2) is 7.85. The average Bonchev–Trinajstić information content (AvgIpc) is 3.34. The molecule has 4 aromatic rings. The summed E-state index contributed by atoms with van der Waals surface area (Å²) in [5.74, 6) is 0.860. The Hall–Kier alpha value is -2.90. The Morgan fingerprint density at radius 3 is 2.97 bits per heavy atom. The second-order valence-corrected chi connectivity index (χ2v) is 7.86. The predicted molar refractivity (Wildman–Crippen MR) is 110 cm³/mol. The molecule has 7 nitrogen and oxygen atoms in total. The molecule has 5 rings (SSSR count). The molecule has 1 N–H and O–H groups in total. The minimum absolute atomic E-state index is 0.233. The number of aryl methyl sites for hydroxylation is 1. The van der Waals surface area contributed by atoms with Crippen LogP contribution in [0.3, 0.4) is 0 Å². The first-order valence-corrected chi connectivity index (χ1v) is 10.1. The lowest BCUT2D eigenvalue weighted by molar-refractivity contribution is 0.141. The molecule has 1 saturated heterocycles. The maximum absolute atomic E-state index is 10.5. The topological polar surface area (TPSA) is 79.4 Å². The van der Waals surface area contributed by atoms with Gasteiger partial charge in [0.1, 0.15) is 6.33 Å². The van der Waals surface area contributed by atoms with Crippen LogP contribution in [0.25, 0.3) is 16.7 Å². The summed E-state index contributed by atoms with van der Waals surface area (Å²) in [6, 6.07) is 12.4. The van der Waals surface area contributed by atoms with Gasteiger partial charge in [0.2, 0.25) is 0 Å². The number of aliphatic hydroxyl groups excluding tert-OH is 1. The minimum Gasteiger partial charge on any atom is -0.391 e. The first-order valence-electron chi connectivity index (χ1n) is 10.1. The number of nitrogens with zero attached hydrogens (tertiary/aromatic N) is 6. The molecule has 0 aliphatic carbocycles. The van der Waals surface area contributed by atoms with E-state index in [-0.39, 0.29) is 12.0 Å². The van der Waals surface area contributed by atoms with Crippen molar-refractivity contribution in [3.05, 3.63) is 66.4 Å². The minimum atomic E-state index is -0.295. The van der Waals surface area contributed by atoms with E-state index >= 15 is 0 Å². The number of hydrogen-bond acceptors (Lipinski definition) is 6. The Morgan fingerprint density at radius 2 is 2.00 bits per heavy atom. The summed E-state index contributed by atoms with van der Waals surface area (Å²) in [5, 5.41) is 15.8.